The van der Waals surface area contributed by atoms with Crippen LogP contribution >= 0.6 is 11.3 Å². The zero-order chi connectivity index (χ0) is 18.7. The van der Waals surface area contributed by atoms with Crippen LogP contribution in [-0.4, -0.2) is 25.6 Å². The van der Waals surface area contributed by atoms with Gasteiger partial charge in [0, 0.05) is 17.2 Å². The maximum Gasteiger partial charge on any atom is 0.264 e. The van der Waals surface area contributed by atoms with Crippen molar-refractivity contribution in [3.63, 3.8) is 0 Å². The third-order valence-corrected chi connectivity index (χ3v) is 5.42. The van der Waals surface area contributed by atoms with Gasteiger partial charge < -0.3 is 0 Å². The van der Waals surface area contributed by atoms with Gasteiger partial charge in [-0.3, -0.25) is 9.69 Å². The van der Waals surface area contributed by atoms with Crippen molar-refractivity contribution in [1.82, 2.24) is 4.98 Å². The number of carbonyl (C=O) groups excluding carboxylic acids is 1. The Morgan fingerprint density at radius 3 is 2.46 bits per heavy atom. The molecule has 0 atom stereocenters. The van der Waals surface area contributed by atoms with E-state index in [2.05, 4.69) is 4.98 Å². The first-order chi connectivity index (χ1) is 12.3. The van der Waals surface area contributed by atoms with E-state index < -0.39 is 9.84 Å². The van der Waals surface area contributed by atoms with Crippen LogP contribution in [0, 0.1) is 6.92 Å². The van der Waals surface area contributed by atoms with E-state index >= 15 is 0 Å². The summed E-state index contributed by atoms with van der Waals surface area (Å²) < 4.78 is 23.1. The van der Waals surface area contributed by atoms with Gasteiger partial charge >= 0.3 is 0 Å². The summed E-state index contributed by atoms with van der Waals surface area (Å²) in [4.78, 5) is 19.2. The number of sulfone groups is 1. The Morgan fingerprint density at radius 2 is 1.85 bits per heavy atom. The Balaban J connectivity index is 2.02. The van der Waals surface area contributed by atoms with Crippen LogP contribution in [0.5, 0.6) is 0 Å². The van der Waals surface area contributed by atoms with Crippen molar-refractivity contribution in [3.05, 3.63) is 76.8 Å². The van der Waals surface area contributed by atoms with Crippen molar-refractivity contribution in [2.75, 3.05) is 11.2 Å². The van der Waals surface area contributed by atoms with Gasteiger partial charge in [-0.1, -0.05) is 30.3 Å². The van der Waals surface area contributed by atoms with Gasteiger partial charge in [-0.2, -0.15) is 0 Å². The minimum atomic E-state index is -3.18. The molecule has 7 heteroatoms. The molecule has 0 unspecified atom stereocenters. The molecule has 0 radical (unpaired) electrons. The SMILES string of the molecule is Cc1csc(N(C(=O)c2cccc(CS(C)(=O)=O)c2)c2ccccc2)n1. The van der Waals surface area contributed by atoms with Gasteiger partial charge in [-0.05, 0) is 36.8 Å². The number of hydrogen-bond acceptors (Lipinski definition) is 5. The van der Waals surface area contributed by atoms with Gasteiger partial charge in [0.1, 0.15) is 0 Å². The van der Waals surface area contributed by atoms with E-state index in [-0.39, 0.29) is 11.7 Å². The summed E-state index contributed by atoms with van der Waals surface area (Å²) >= 11 is 1.39. The molecule has 0 aliphatic carbocycles. The van der Waals surface area contributed by atoms with Crippen LogP contribution in [0.3, 0.4) is 0 Å². The average molecular weight is 386 g/mol. The highest BCUT2D eigenvalue weighted by Crippen LogP contribution is 2.30. The second-order valence-corrected chi connectivity index (χ2v) is 8.99. The first kappa shape index (κ1) is 18.3. The lowest BCUT2D eigenvalue weighted by Crippen LogP contribution is -2.26. The fourth-order valence-electron chi connectivity index (χ4n) is 2.56. The topological polar surface area (TPSA) is 67.3 Å². The summed E-state index contributed by atoms with van der Waals surface area (Å²) in [6.45, 7) is 1.88. The maximum atomic E-state index is 13.2. The zero-order valence-electron chi connectivity index (χ0n) is 14.4. The Hall–Kier alpha value is -2.51. The van der Waals surface area contributed by atoms with E-state index in [0.29, 0.717) is 21.9 Å². The second-order valence-electron chi connectivity index (χ2n) is 6.02. The zero-order valence-corrected chi connectivity index (χ0v) is 16.0. The van der Waals surface area contributed by atoms with Crippen LogP contribution < -0.4 is 4.90 Å². The monoisotopic (exact) mass is 386 g/mol. The lowest BCUT2D eigenvalue weighted by atomic mass is 10.1. The number of thiazole rings is 1. The molecule has 0 saturated carbocycles. The number of aromatic nitrogens is 1. The van der Waals surface area contributed by atoms with E-state index in [4.69, 9.17) is 0 Å². The lowest BCUT2D eigenvalue weighted by molar-refractivity contribution is 0.0999. The van der Waals surface area contributed by atoms with Crippen LogP contribution in [0.4, 0.5) is 10.8 Å². The van der Waals surface area contributed by atoms with E-state index in [9.17, 15) is 13.2 Å². The number of hydrogen-bond donors (Lipinski definition) is 0. The number of benzene rings is 2. The predicted molar refractivity (Wildman–Crippen MR) is 105 cm³/mol. The molecule has 0 saturated heterocycles. The number of amides is 1. The van der Waals surface area contributed by atoms with Crippen molar-refractivity contribution >= 4 is 37.9 Å². The average Bonchev–Trinajstić information content (AvgIpc) is 3.01. The number of carbonyl (C=O) groups is 1. The summed E-state index contributed by atoms with van der Waals surface area (Å²) in [5, 5.41) is 2.46. The molecule has 0 aliphatic rings. The predicted octanol–water partition coefficient (Wildman–Crippen LogP) is 3.97. The molecule has 2 aromatic carbocycles. The Morgan fingerprint density at radius 1 is 1.12 bits per heavy atom. The van der Waals surface area contributed by atoms with Gasteiger partial charge in [0.05, 0.1) is 17.1 Å². The third-order valence-electron chi connectivity index (χ3n) is 3.62. The van der Waals surface area contributed by atoms with Crippen LogP contribution in [-0.2, 0) is 15.6 Å². The molecule has 0 bridgehead atoms. The Kier molecular flexibility index (Phi) is 5.20. The second kappa shape index (κ2) is 7.39. The summed E-state index contributed by atoms with van der Waals surface area (Å²) in [7, 11) is -3.18. The normalized spacial score (nSPS) is 11.3. The minimum absolute atomic E-state index is 0.101. The van der Waals surface area contributed by atoms with Gasteiger partial charge in [0.2, 0.25) is 0 Å². The number of anilines is 2. The Bertz CT molecular complexity index is 1030. The molecule has 3 aromatic rings. The van der Waals surface area contributed by atoms with Gasteiger partial charge in [-0.25, -0.2) is 13.4 Å². The molecule has 0 spiro atoms. The highest BCUT2D eigenvalue weighted by molar-refractivity contribution is 7.89. The van der Waals surface area contributed by atoms with Crippen LogP contribution in [0.25, 0.3) is 0 Å². The fourth-order valence-corrected chi connectivity index (χ4v) is 4.17. The third kappa shape index (κ3) is 4.36. The van der Waals surface area contributed by atoms with E-state index in [1.165, 1.54) is 17.6 Å². The molecular weight excluding hydrogens is 368 g/mol. The van der Waals surface area contributed by atoms with Gasteiger partial charge in [0.25, 0.3) is 5.91 Å². The summed E-state index contributed by atoms with van der Waals surface area (Å²) in [5.74, 6) is -0.351. The molecule has 1 heterocycles. The highest BCUT2D eigenvalue weighted by atomic mass is 32.2. The number of aryl methyl sites for hydroxylation is 1. The minimum Gasteiger partial charge on any atom is -0.268 e. The van der Waals surface area contributed by atoms with Crippen molar-refractivity contribution < 1.29 is 13.2 Å². The molecule has 1 aromatic heterocycles. The molecule has 0 fully saturated rings. The molecule has 3 rings (SSSR count). The van der Waals surface area contributed by atoms with E-state index in [0.717, 1.165) is 5.69 Å². The highest BCUT2D eigenvalue weighted by Gasteiger charge is 2.22. The first-order valence-electron chi connectivity index (χ1n) is 7.92. The smallest absolute Gasteiger partial charge is 0.264 e. The molecule has 5 nitrogen and oxygen atoms in total. The summed E-state index contributed by atoms with van der Waals surface area (Å²) in [6.07, 6.45) is 1.18. The largest absolute Gasteiger partial charge is 0.268 e. The Labute approximate surface area is 156 Å². The number of para-hydroxylation sites is 1. The van der Waals surface area contributed by atoms with Crippen molar-refractivity contribution in [3.8, 4) is 0 Å². The fraction of sp³-hybridized carbons (Fsp3) is 0.158. The van der Waals surface area contributed by atoms with Crippen LogP contribution in [0.2, 0.25) is 0 Å². The van der Waals surface area contributed by atoms with Crippen LogP contribution in [0.1, 0.15) is 21.6 Å². The van der Waals surface area contributed by atoms with Crippen molar-refractivity contribution in [2.24, 2.45) is 0 Å². The van der Waals surface area contributed by atoms with Crippen LogP contribution in [0.15, 0.2) is 60.0 Å². The molecule has 0 N–H and O–H groups in total. The van der Waals surface area contributed by atoms with Gasteiger partial charge in [-0.15, -0.1) is 11.3 Å². The standard InChI is InChI=1S/C19H18N2O3S2/c1-14-12-25-19(20-14)21(17-9-4-3-5-10-17)18(22)16-8-6-7-15(11-16)13-26(2,23)24/h3-12H,13H2,1-2H3. The number of rotatable bonds is 5. The molecular formula is C19H18N2O3S2. The lowest BCUT2D eigenvalue weighted by Gasteiger charge is -2.20. The first-order valence-corrected chi connectivity index (χ1v) is 10.9. The molecule has 26 heavy (non-hydrogen) atoms. The van der Waals surface area contributed by atoms with Gasteiger partial charge in [0.15, 0.2) is 15.0 Å². The molecule has 134 valence electrons. The summed E-state index contributed by atoms with van der Waals surface area (Å²) in [5.41, 5.74) is 2.55. The van der Waals surface area contributed by atoms with Crippen molar-refractivity contribution in [1.29, 1.82) is 0 Å². The molecule has 0 aliphatic heterocycles. The summed E-state index contributed by atoms with van der Waals surface area (Å²) in [6, 6.07) is 16.0. The maximum absolute atomic E-state index is 13.2. The van der Waals surface area contributed by atoms with E-state index in [1.54, 1.807) is 29.2 Å². The van der Waals surface area contributed by atoms with E-state index in [1.807, 2.05) is 42.6 Å². The quantitative estimate of drug-likeness (QED) is 0.665. The van der Waals surface area contributed by atoms with Crippen molar-refractivity contribution in [2.45, 2.75) is 12.7 Å². The molecule has 1 amide bonds. The number of nitrogens with zero attached hydrogens (tertiary/aromatic N) is 2.